The molecule has 1 aliphatic heterocycles. The molecule has 0 fully saturated rings. The van der Waals surface area contributed by atoms with Crippen LogP contribution in [0.3, 0.4) is 0 Å². The van der Waals surface area contributed by atoms with Gasteiger partial charge < -0.3 is 13.9 Å². The Bertz CT molecular complexity index is 1470. The molecule has 3 heterocycles. The lowest BCUT2D eigenvalue weighted by Crippen LogP contribution is -2.30. The molecule has 0 radical (unpaired) electrons. The van der Waals surface area contributed by atoms with Gasteiger partial charge in [-0.2, -0.15) is 0 Å². The first-order valence-electron chi connectivity index (χ1n) is 10.2. The molecule has 0 saturated heterocycles. The number of pyridine rings is 1. The lowest BCUT2D eigenvalue weighted by molar-refractivity contribution is 0.0970. The fourth-order valence-corrected chi connectivity index (χ4v) is 4.41. The molecule has 0 bridgehead atoms. The summed E-state index contributed by atoms with van der Waals surface area (Å²) >= 11 is 6.30. The van der Waals surface area contributed by atoms with Gasteiger partial charge in [0.15, 0.2) is 16.9 Å². The third kappa shape index (κ3) is 3.15. The van der Waals surface area contributed by atoms with E-state index < -0.39 is 11.9 Å². The van der Waals surface area contributed by atoms with Gasteiger partial charge in [-0.3, -0.25) is 14.5 Å². The molecule has 33 heavy (non-hydrogen) atoms. The Kier molecular flexibility index (Phi) is 5.06. The van der Waals surface area contributed by atoms with Crippen molar-refractivity contribution in [3.63, 3.8) is 0 Å². The number of hydrogen-bond acceptors (Lipinski definition) is 6. The van der Waals surface area contributed by atoms with Crippen LogP contribution in [0.2, 0.25) is 5.02 Å². The number of ether oxygens (including phenoxy) is 2. The molecule has 0 N–H and O–H groups in total. The molecule has 2 aromatic heterocycles. The van der Waals surface area contributed by atoms with E-state index in [9.17, 15) is 9.59 Å². The quantitative estimate of drug-likeness (QED) is 0.428. The molecule has 5 rings (SSSR count). The molecule has 1 amide bonds. The second-order valence-corrected chi connectivity index (χ2v) is 8.03. The van der Waals surface area contributed by atoms with Gasteiger partial charge in [0.1, 0.15) is 17.4 Å². The average molecular weight is 463 g/mol. The van der Waals surface area contributed by atoms with Crippen LogP contribution in [0.1, 0.15) is 33.3 Å². The monoisotopic (exact) mass is 462 g/mol. The van der Waals surface area contributed by atoms with Crippen LogP contribution in [0.25, 0.3) is 11.0 Å². The van der Waals surface area contributed by atoms with Crippen molar-refractivity contribution in [3.8, 4) is 11.5 Å². The Morgan fingerprint density at radius 2 is 1.88 bits per heavy atom. The second kappa shape index (κ2) is 7.94. The van der Waals surface area contributed by atoms with Crippen molar-refractivity contribution in [1.82, 2.24) is 4.98 Å². The van der Waals surface area contributed by atoms with Crippen LogP contribution >= 0.6 is 11.6 Å². The number of aromatic nitrogens is 1. The van der Waals surface area contributed by atoms with Crippen molar-refractivity contribution in [2.75, 3.05) is 19.1 Å². The van der Waals surface area contributed by atoms with Crippen LogP contribution in [0.15, 0.2) is 63.9 Å². The fourth-order valence-electron chi connectivity index (χ4n) is 4.25. The lowest BCUT2D eigenvalue weighted by atomic mass is 9.97. The molecular formula is C25H19ClN2O5. The molecular weight excluding hydrogens is 444 g/mol. The number of nitrogens with zero attached hydrogens (tertiary/aromatic N) is 2. The zero-order valence-corrected chi connectivity index (χ0v) is 18.8. The zero-order chi connectivity index (χ0) is 23.3. The number of benzene rings is 2. The van der Waals surface area contributed by atoms with Gasteiger partial charge in [-0.1, -0.05) is 29.8 Å². The van der Waals surface area contributed by atoms with Crippen molar-refractivity contribution in [3.05, 3.63) is 92.4 Å². The summed E-state index contributed by atoms with van der Waals surface area (Å²) in [6.45, 7) is 1.81. The van der Waals surface area contributed by atoms with E-state index in [2.05, 4.69) is 4.98 Å². The highest BCUT2D eigenvalue weighted by atomic mass is 35.5. The molecule has 0 aliphatic carbocycles. The highest BCUT2D eigenvalue weighted by Crippen LogP contribution is 2.46. The molecule has 1 atom stereocenters. The minimum Gasteiger partial charge on any atom is -0.493 e. The minimum absolute atomic E-state index is 0.0326. The summed E-state index contributed by atoms with van der Waals surface area (Å²) in [6, 6.07) is 12.9. The number of fused-ring (bicyclic) bond motifs is 2. The van der Waals surface area contributed by atoms with Crippen LogP contribution in [-0.2, 0) is 0 Å². The SMILES string of the molecule is COc1cccc([C@@H]2c3c(oc4cc(C)c(Cl)cc4c3=O)C(=O)N2c2ccccn2)c1OC. The van der Waals surface area contributed by atoms with Crippen LogP contribution in [0.4, 0.5) is 5.82 Å². The summed E-state index contributed by atoms with van der Waals surface area (Å²) in [7, 11) is 3.04. The predicted molar refractivity (Wildman–Crippen MR) is 125 cm³/mol. The maximum absolute atomic E-state index is 13.8. The standard InChI is InChI=1S/C25H19ClN2O5/c1-13-11-18-15(12-16(13)26)22(29)20-21(14-7-6-8-17(31-2)23(14)32-3)28(25(30)24(20)33-18)19-9-4-5-10-27-19/h4-12,21H,1-3H3/t21-/m1/s1. The molecule has 1 aliphatic rings. The molecule has 166 valence electrons. The molecule has 7 nitrogen and oxygen atoms in total. The Labute approximate surface area is 194 Å². The maximum Gasteiger partial charge on any atom is 0.296 e. The smallest absolute Gasteiger partial charge is 0.296 e. The summed E-state index contributed by atoms with van der Waals surface area (Å²) in [5.74, 6) is 0.759. The molecule has 4 aromatic rings. The number of aryl methyl sites for hydroxylation is 1. The molecule has 0 spiro atoms. The third-order valence-corrected chi connectivity index (χ3v) is 6.18. The molecule has 0 unspecified atom stereocenters. The van der Waals surface area contributed by atoms with Crippen molar-refractivity contribution in [2.45, 2.75) is 13.0 Å². The molecule has 8 heteroatoms. The van der Waals surface area contributed by atoms with Gasteiger partial charge in [0.25, 0.3) is 5.91 Å². The van der Waals surface area contributed by atoms with E-state index in [1.165, 1.54) is 19.1 Å². The number of amides is 1. The minimum atomic E-state index is -0.840. The number of carbonyl (C=O) groups is 1. The maximum atomic E-state index is 13.8. The van der Waals surface area contributed by atoms with E-state index in [0.717, 1.165) is 5.56 Å². The summed E-state index contributed by atoms with van der Waals surface area (Å²) in [6.07, 6.45) is 1.58. The summed E-state index contributed by atoms with van der Waals surface area (Å²) in [4.78, 5) is 33.2. The molecule has 0 saturated carbocycles. The van der Waals surface area contributed by atoms with Crippen LogP contribution < -0.4 is 19.8 Å². The Morgan fingerprint density at radius 3 is 2.58 bits per heavy atom. The largest absolute Gasteiger partial charge is 0.493 e. The molecule has 2 aromatic carbocycles. The van der Waals surface area contributed by atoms with E-state index in [0.29, 0.717) is 38.9 Å². The van der Waals surface area contributed by atoms with Gasteiger partial charge >= 0.3 is 0 Å². The summed E-state index contributed by atoms with van der Waals surface area (Å²) in [5.41, 5.74) is 1.47. The van der Waals surface area contributed by atoms with Crippen LogP contribution in [-0.4, -0.2) is 25.1 Å². The number of hydrogen-bond donors (Lipinski definition) is 0. The fraction of sp³-hybridized carbons (Fsp3) is 0.160. The number of anilines is 1. The number of para-hydroxylation sites is 1. The van der Waals surface area contributed by atoms with Crippen molar-refractivity contribution in [1.29, 1.82) is 0 Å². The van der Waals surface area contributed by atoms with E-state index in [-0.39, 0.29) is 16.8 Å². The van der Waals surface area contributed by atoms with E-state index in [4.69, 9.17) is 25.5 Å². The summed E-state index contributed by atoms with van der Waals surface area (Å²) < 4.78 is 17.1. The number of halogens is 1. The van der Waals surface area contributed by atoms with Crippen molar-refractivity contribution in [2.24, 2.45) is 0 Å². The van der Waals surface area contributed by atoms with Crippen LogP contribution in [0.5, 0.6) is 11.5 Å². The first-order chi connectivity index (χ1) is 16.0. The van der Waals surface area contributed by atoms with Gasteiger partial charge in [-0.05, 0) is 42.8 Å². The Hall–Kier alpha value is -3.84. The zero-order valence-electron chi connectivity index (χ0n) is 18.1. The van der Waals surface area contributed by atoms with Gasteiger partial charge in [0.2, 0.25) is 5.76 Å². The second-order valence-electron chi connectivity index (χ2n) is 7.62. The third-order valence-electron chi connectivity index (χ3n) is 5.78. The van der Waals surface area contributed by atoms with Crippen molar-refractivity contribution >= 4 is 34.3 Å². The predicted octanol–water partition coefficient (Wildman–Crippen LogP) is 4.92. The Morgan fingerprint density at radius 1 is 1.06 bits per heavy atom. The summed E-state index contributed by atoms with van der Waals surface area (Å²) in [5, 5.41) is 0.739. The van der Waals surface area contributed by atoms with Gasteiger partial charge in [-0.15, -0.1) is 0 Å². The topological polar surface area (TPSA) is 81.9 Å². The average Bonchev–Trinajstić information content (AvgIpc) is 3.12. The van der Waals surface area contributed by atoms with E-state index in [1.54, 1.807) is 61.7 Å². The lowest BCUT2D eigenvalue weighted by Gasteiger charge is -2.26. The number of rotatable bonds is 4. The number of methoxy groups -OCH3 is 2. The van der Waals surface area contributed by atoms with Crippen molar-refractivity contribution < 1.29 is 18.7 Å². The highest BCUT2D eigenvalue weighted by molar-refractivity contribution is 6.32. The Balaban J connectivity index is 1.87. The normalized spacial score (nSPS) is 15.1. The first kappa shape index (κ1) is 21.0. The first-order valence-corrected chi connectivity index (χ1v) is 10.6. The van der Waals surface area contributed by atoms with E-state index >= 15 is 0 Å². The van der Waals surface area contributed by atoms with Gasteiger partial charge in [0, 0.05) is 16.8 Å². The van der Waals surface area contributed by atoms with Gasteiger partial charge in [-0.25, -0.2) is 4.98 Å². The van der Waals surface area contributed by atoms with Crippen LogP contribution in [0, 0.1) is 6.92 Å². The van der Waals surface area contributed by atoms with Gasteiger partial charge in [0.05, 0.1) is 25.2 Å². The highest BCUT2D eigenvalue weighted by Gasteiger charge is 2.45. The number of carbonyl (C=O) groups excluding carboxylic acids is 1. The van der Waals surface area contributed by atoms with E-state index in [1.807, 2.05) is 0 Å².